The number of rotatable bonds is 5. The van der Waals surface area contributed by atoms with Gasteiger partial charge in [-0.05, 0) is 44.5 Å². The van der Waals surface area contributed by atoms with Gasteiger partial charge in [0, 0.05) is 29.1 Å². The number of carbonyl (C=O) groups is 3. The summed E-state index contributed by atoms with van der Waals surface area (Å²) in [6.45, 7) is 3.67. The van der Waals surface area contributed by atoms with E-state index in [4.69, 9.17) is 0 Å². The first kappa shape index (κ1) is 19.4. The molecule has 0 radical (unpaired) electrons. The van der Waals surface area contributed by atoms with E-state index in [1.165, 1.54) is 0 Å². The number of hydrogen-bond acceptors (Lipinski definition) is 3. The minimum absolute atomic E-state index is 0.00925. The molecular weight excluding hydrogens is 354 g/mol. The zero-order valence-corrected chi connectivity index (χ0v) is 15.9. The Bertz CT molecular complexity index is 918. The highest BCUT2D eigenvalue weighted by atomic mass is 16.2. The average molecular weight is 377 g/mol. The van der Waals surface area contributed by atoms with E-state index in [0.717, 1.165) is 5.56 Å². The van der Waals surface area contributed by atoms with Gasteiger partial charge in [-0.25, -0.2) is 0 Å². The molecule has 6 nitrogen and oxygen atoms in total. The second-order valence-electron chi connectivity index (χ2n) is 6.93. The van der Waals surface area contributed by atoms with Gasteiger partial charge < -0.3 is 16.0 Å². The summed E-state index contributed by atoms with van der Waals surface area (Å²) in [5, 5.41) is 8.35. The highest BCUT2D eigenvalue weighted by Gasteiger charge is 2.31. The summed E-state index contributed by atoms with van der Waals surface area (Å²) >= 11 is 0. The Morgan fingerprint density at radius 3 is 2.29 bits per heavy atom. The van der Waals surface area contributed by atoms with E-state index in [1.54, 1.807) is 19.1 Å². The standard InChI is InChI=1S/C22H23N3O3/c1-14-8-10-18(11-9-14)25-22(28)19-12-16(21(27)23-15(19)2)13-20(26)24-17-6-4-3-5-7-17/h3-11,16H,12-13H2,1-2H3,(H,23,27)(H,24,26)(H,25,28). The summed E-state index contributed by atoms with van der Waals surface area (Å²) in [4.78, 5) is 37.3. The zero-order valence-electron chi connectivity index (χ0n) is 15.9. The highest BCUT2D eigenvalue weighted by molar-refractivity contribution is 6.06. The van der Waals surface area contributed by atoms with Crippen molar-refractivity contribution in [3.63, 3.8) is 0 Å². The fourth-order valence-electron chi connectivity index (χ4n) is 3.08. The van der Waals surface area contributed by atoms with E-state index in [2.05, 4.69) is 16.0 Å². The Kier molecular flexibility index (Phi) is 5.89. The molecule has 0 saturated heterocycles. The van der Waals surface area contributed by atoms with Crippen molar-refractivity contribution in [1.29, 1.82) is 0 Å². The summed E-state index contributed by atoms with van der Waals surface area (Å²) in [5.74, 6) is -1.36. The molecule has 6 heteroatoms. The smallest absolute Gasteiger partial charge is 0.253 e. The van der Waals surface area contributed by atoms with Crippen LogP contribution in [0.2, 0.25) is 0 Å². The quantitative estimate of drug-likeness (QED) is 0.747. The maximum absolute atomic E-state index is 12.7. The van der Waals surface area contributed by atoms with Crippen molar-refractivity contribution < 1.29 is 14.4 Å². The van der Waals surface area contributed by atoms with E-state index < -0.39 is 5.92 Å². The second-order valence-corrected chi connectivity index (χ2v) is 6.93. The number of para-hydroxylation sites is 1. The average Bonchev–Trinajstić information content (AvgIpc) is 2.66. The Morgan fingerprint density at radius 1 is 0.964 bits per heavy atom. The van der Waals surface area contributed by atoms with E-state index >= 15 is 0 Å². The van der Waals surface area contributed by atoms with Gasteiger partial charge in [0.15, 0.2) is 0 Å². The lowest BCUT2D eigenvalue weighted by atomic mass is 9.90. The third-order valence-corrected chi connectivity index (χ3v) is 4.66. The molecule has 28 heavy (non-hydrogen) atoms. The highest BCUT2D eigenvalue weighted by Crippen LogP contribution is 2.25. The molecule has 1 unspecified atom stereocenters. The van der Waals surface area contributed by atoms with Crippen LogP contribution in [0.1, 0.15) is 25.3 Å². The Labute approximate surface area is 164 Å². The molecule has 3 N–H and O–H groups in total. The summed E-state index contributed by atoms with van der Waals surface area (Å²) in [6.07, 6.45) is 0.229. The van der Waals surface area contributed by atoms with Gasteiger partial charge in [-0.15, -0.1) is 0 Å². The van der Waals surface area contributed by atoms with Gasteiger partial charge in [0.05, 0.1) is 5.92 Å². The molecule has 0 saturated carbocycles. The molecule has 0 spiro atoms. The largest absolute Gasteiger partial charge is 0.329 e. The Hall–Kier alpha value is -3.41. The van der Waals surface area contributed by atoms with Crippen LogP contribution < -0.4 is 16.0 Å². The van der Waals surface area contributed by atoms with Crippen molar-refractivity contribution in [3.8, 4) is 0 Å². The van der Waals surface area contributed by atoms with Crippen LogP contribution in [0.3, 0.4) is 0 Å². The van der Waals surface area contributed by atoms with Crippen molar-refractivity contribution in [2.45, 2.75) is 26.7 Å². The van der Waals surface area contributed by atoms with Gasteiger partial charge in [-0.3, -0.25) is 14.4 Å². The maximum atomic E-state index is 12.7. The second kappa shape index (κ2) is 8.52. The van der Waals surface area contributed by atoms with Gasteiger partial charge in [-0.1, -0.05) is 35.9 Å². The molecule has 1 aliphatic rings. The first-order chi connectivity index (χ1) is 13.4. The molecule has 0 aromatic heterocycles. The summed E-state index contributed by atoms with van der Waals surface area (Å²) in [5.41, 5.74) is 3.47. The van der Waals surface area contributed by atoms with Crippen LogP contribution in [0.4, 0.5) is 11.4 Å². The van der Waals surface area contributed by atoms with Crippen molar-refractivity contribution in [2.24, 2.45) is 5.92 Å². The monoisotopic (exact) mass is 377 g/mol. The molecule has 2 aromatic rings. The molecule has 1 aliphatic heterocycles. The predicted molar refractivity (Wildman–Crippen MR) is 108 cm³/mol. The number of hydrogen-bond donors (Lipinski definition) is 3. The van der Waals surface area contributed by atoms with Crippen LogP contribution in [-0.2, 0) is 14.4 Å². The summed E-state index contributed by atoms with van der Waals surface area (Å²) in [7, 11) is 0. The fraction of sp³-hybridized carbons (Fsp3) is 0.227. The van der Waals surface area contributed by atoms with Crippen LogP contribution >= 0.6 is 0 Å². The molecule has 0 aliphatic carbocycles. The topological polar surface area (TPSA) is 87.3 Å². The van der Waals surface area contributed by atoms with E-state index in [0.29, 0.717) is 22.6 Å². The molecule has 1 atom stereocenters. The lowest BCUT2D eigenvalue weighted by molar-refractivity contribution is -0.128. The molecule has 2 aromatic carbocycles. The Morgan fingerprint density at radius 2 is 1.61 bits per heavy atom. The third kappa shape index (κ3) is 4.85. The summed E-state index contributed by atoms with van der Waals surface area (Å²) in [6, 6.07) is 16.5. The molecule has 144 valence electrons. The number of nitrogens with one attached hydrogen (secondary N) is 3. The fourth-order valence-corrected chi connectivity index (χ4v) is 3.08. The Balaban J connectivity index is 1.65. The molecule has 0 fully saturated rings. The van der Waals surface area contributed by atoms with Crippen molar-refractivity contribution in [3.05, 3.63) is 71.4 Å². The lowest BCUT2D eigenvalue weighted by Crippen LogP contribution is -2.39. The van der Waals surface area contributed by atoms with Crippen molar-refractivity contribution in [1.82, 2.24) is 5.32 Å². The normalized spacial score (nSPS) is 16.4. The summed E-state index contributed by atoms with van der Waals surface area (Å²) < 4.78 is 0. The third-order valence-electron chi connectivity index (χ3n) is 4.66. The van der Waals surface area contributed by atoms with E-state index in [9.17, 15) is 14.4 Å². The van der Waals surface area contributed by atoms with Gasteiger partial charge in [-0.2, -0.15) is 0 Å². The number of allylic oxidation sites excluding steroid dienone is 1. The predicted octanol–water partition coefficient (Wildman–Crippen LogP) is 3.37. The van der Waals surface area contributed by atoms with Crippen LogP contribution in [0, 0.1) is 12.8 Å². The first-order valence-corrected chi connectivity index (χ1v) is 9.16. The van der Waals surface area contributed by atoms with E-state index in [1.807, 2.05) is 49.4 Å². The number of anilines is 2. The maximum Gasteiger partial charge on any atom is 0.253 e. The van der Waals surface area contributed by atoms with Crippen LogP contribution in [0.15, 0.2) is 65.9 Å². The lowest BCUT2D eigenvalue weighted by Gasteiger charge is -2.25. The van der Waals surface area contributed by atoms with Crippen molar-refractivity contribution in [2.75, 3.05) is 10.6 Å². The first-order valence-electron chi connectivity index (χ1n) is 9.16. The van der Waals surface area contributed by atoms with Crippen LogP contribution in [0.5, 0.6) is 0 Å². The minimum atomic E-state index is -0.591. The zero-order chi connectivity index (χ0) is 20.1. The van der Waals surface area contributed by atoms with Gasteiger partial charge >= 0.3 is 0 Å². The van der Waals surface area contributed by atoms with Crippen LogP contribution in [-0.4, -0.2) is 17.7 Å². The minimum Gasteiger partial charge on any atom is -0.329 e. The molecular formula is C22H23N3O3. The number of aryl methyl sites for hydroxylation is 1. The molecule has 1 heterocycles. The van der Waals surface area contributed by atoms with E-state index in [-0.39, 0.29) is 30.6 Å². The van der Waals surface area contributed by atoms with Gasteiger partial charge in [0.1, 0.15) is 0 Å². The molecule has 0 bridgehead atoms. The van der Waals surface area contributed by atoms with Crippen molar-refractivity contribution >= 4 is 29.1 Å². The number of benzene rings is 2. The number of carbonyl (C=O) groups excluding carboxylic acids is 3. The van der Waals surface area contributed by atoms with Gasteiger partial charge in [0.25, 0.3) is 5.91 Å². The molecule has 3 rings (SSSR count). The number of amides is 3. The molecule has 3 amide bonds. The van der Waals surface area contributed by atoms with Crippen LogP contribution in [0.25, 0.3) is 0 Å². The SMILES string of the molecule is CC1=C(C(=O)Nc2ccc(C)cc2)CC(CC(=O)Nc2ccccc2)C(=O)N1. The van der Waals surface area contributed by atoms with Gasteiger partial charge in [0.2, 0.25) is 11.8 Å².